The molecule has 0 spiro atoms. The maximum absolute atomic E-state index is 11.3. The summed E-state index contributed by atoms with van der Waals surface area (Å²) < 4.78 is 4.70. The summed E-state index contributed by atoms with van der Waals surface area (Å²) in [7, 11) is 1.41. The first-order valence-electron chi connectivity index (χ1n) is 5.43. The number of ether oxygens (including phenoxy) is 1. The van der Waals surface area contributed by atoms with Gasteiger partial charge < -0.3 is 9.72 Å². The molecule has 1 heterocycles. The minimum Gasteiger partial charge on any atom is -0.464 e. The second kappa shape index (κ2) is 3.72. The Morgan fingerprint density at radius 3 is 2.93 bits per heavy atom. The molecule has 0 amide bonds. The van der Waals surface area contributed by atoms with Crippen LogP contribution in [0.25, 0.3) is 0 Å². The van der Waals surface area contributed by atoms with Crippen molar-refractivity contribution in [3.8, 4) is 0 Å². The van der Waals surface area contributed by atoms with E-state index >= 15 is 0 Å². The molecule has 0 unspecified atom stereocenters. The van der Waals surface area contributed by atoms with Crippen LogP contribution in [0.3, 0.4) is 0 Å². The first kappa shape index (κ1) is 10.3. The van der Waals surface area contributed by atoms with Gasteiger partial charge in [0.2, 0.25) is 0 Å². The number of rotatable bonds is 2. The lowest BCUT2D eigenvalue weighted by atomic mass is 9.91. The Balaban J connectivity index is 2.30. The van der Waals surface area contributed by atoms with Crippen molar-refractivity contribution in [1.82, 2.24) is 4.98 Å². The summed E-state index contributed by atoms with van der Waals surface area (Å²) in [6, 6.07) is 1.96. The average molecular weight is 207 g/mol. The van der Waals surface area contributed by atoms with Crippen molar-refractivity contribution in [2.45, 2.75) is 32.6 Å². The minimum atomic E-state index is -0.271. The van der Waals surface area contributed by atoms with Crippen molar-refractivity contribution in [1.29, 1.82) is 0 Å². The normalized spacial score (nSPS) is 19.3. The fourth-order valence-corrected chi connectivity index (χ4v) is 2.42. The lowest BCUT2D eigenvalue weighted by Crippen LogP contribution is -2.04. The van der Waals surface area contributed by atoms with Crippen LogP contribution in [-0.2, 0) is 11.2 Å². The molecule has 0 bridgehead atoms. The highest BCUT2D eigenvalue weighted by molar-refractivity contribution is 5.87. The summed E-state index contributed by atoms with van der Waals surface area (Å²) in [5.74, 6) is 0.953. The van der Waals surface area contributed by atoms with E-state index < -0.39 is 0 Å². The Hall–Kier alpha value is -1.25. The summed E-state index contributed by atoms with van der Waals surface area (Å²) in [6.07, 6.45) is 2.25. The molecule has 1 aliphatic rings. The number of aromatic nitrogens is 1. The minimum absolute atomic E-state index is 0.271. The van der Waals surface area contributed by atoms with Gasteiger partial charge in [0.05, 0.1) is 7.11 Å². The molecule has 1 aromatic rings. The molecule has 82 valence electrons. The highest BCUT2D eigenvalue weighted by Crippen LogP contribution is 2.38. The summed E-state index contributed by atoms with van der Waals surface area (Å²) in [5.41, 5.74) is 3.12. The molecule has 3 nitrogen and oxygen atoms in total. The highest BCUT2D eigenvalue weighted by Gasteiger charge is 2.28. The van der Waals surface area contributed by atoms with E-state index in [1.807, 2.05) is 6.07 Å². The van der Waals surface area contributed by atoms with E-state index in [1.165, 1.54) is 24.8 Å². The Morgan fingerprint density at radius 1 is 1.60 bits per heavy atom. The largest absolute Gasteiger partial charge is 0.464 e. The molecule has 1 atom stereocenters. The topological polar surface area (TPSA) is 42.1 Å². The van der Waals surface area contributed by atoms with E-state index in [4.69, 9.17) is 4.74 Å². The van der Waals surface area contributed by atoms with E-state index in [-0.39, 0.29) is 5.97 Å². The van der Waals surface area contributed by atoms with Crippen LogP contribution in [0.15, 0.2) is 6.07 Å². The fraction of sp³-hybridized carbons (Fsp3) is 0.583. The smallest absolute Gasteiger partial charge is 0.354 e. The lowest BCUT2D eigenvalue weighted by Gasteiger charge is -2.13. The Kier molecular flexibility index (Phi) is 2.55. The predicted molar refractivity (Wildman–Crippen MR) is 58.0 cm³/mol. The van der Waals surface area contributed by atoms with E-state index in [0.29, 0.717) is 17.5 Å². The van der Waals surface area contributed by atoms with Crippen molar-refractivity contribution in [2.75, 3.05) is 7.11 Å². The molecule has 0 aliphatic heterocycles. The van der Waals surface area contributed by atoms with Gasteiger partial charge in [0, 0.05) is 5.69 Å². The third kappa shape index (κ3) is 1.66. The number of aryl methyl sites for hydroxylation is 1. The molecule has 3 heteroatoms. The maximum atomic E-state index is 11.3. The van der Waals surface area contributed by atoms with Gasteiger partial charge in [0.25, 0.3) is 0 Å². The molecule has 1 N–H and O–H groups in total. The zero-order chi connectivity index (χ0) is 11.0. The monoisotopic (exact) mass is 207 g/mol. The number of carbonyl (C=O) groups is 1. The summed E-state index contributed by atoms with van der Waals surface area (Å²) in [4.78, 5) is 14.5. The fourth-order valence-electron chi connectivity index (χ4n) is 2.42. The van der Waals surface area contributed by atoms with Gasteiger partial charge in [0.15, 0.2) is 0 Å². The summed E-state index contributed by atoms with van der Waals surface area (Å²) >= 11 is 0. The Bertz CT molecular complexity index is 379. The van der Waals surface area contributed by atoms with Crippen molar-refractivity contribution < 1.29 is 9.53 Å². The summed E-state index contributed by atoms with van der Waals surface area (Å²) in [6.45, 7) is 4.45. The van der Waals surface area contributed by atoms with E-state index in [0.717, 1.165) is 6.42 Å². The quantitative estimate of drug-likeness (QED) is 0.757. The van der Waals surface area contributed by atoms with Crippen LogP contribution in [0.5, 0.6) is 0 Å². The van der Waals surface area contributed by atoms with E-state index in [9.17, 15) is 4.79 Å². The third-order valence-electron chi connectivity index (χ3n) is 3.25. The van der Waals surface area contributed by atoms with Gasteiger partial charge in [-0.2, -0.15) is 0 Å². The molecule has 1 aliphatic carbocycles. The van der Waals surface area contributed by atoms with Crippen LogP contribution in [0.4, 0.5) is 0 Å². The van der Waals surface area contributed by atoms with Crippen LogP contribution in [0, 0.1) is 5.92 Å². The van der Waals surface area contributed by atoms with Crippen LogP contribution in [0.1, 0.15) is 47.9 Å². The first-order valence-corrected chi connectivity index (χ1v) is 5.43. The Morgan fingerprint density at radius 2 is 2.33 bits per heavy atom. The van der Waals surface area contributed by atoms with Gasteiger partial charge in [-0.25, -0.2) is 4.79 Å². The number of methoxy groups -OCH3 is 1. The second-order valence-electron chi connectivity index (χ2n) is 4.50. The first-order chi connectivity index (χ1) is 7.13. The highest BCUT2D eigenvalue weighted by atomic mass is 16.5. The number of fused-ring (bicyclic) bond motifs is 1. The zero-order valence-electron chi connectivity index (χ0n) is 9.46. The number of H-pyrrole nitrogens is 1. The molecule has 0 saturated heterocycles. The van der Waals surface area contributed by atoms with Crippen molar-refractivity contribution in [2.24, 2.45) is 5.92 Å². The predicted octanol–water partition coefficient (Wildman–Crippen LogP) is 2.49. The maximum Gasteiger partial charge on any atom is 0.354 e. The number of nitrogens with one attached hydrogen (secondary N) is 1. The van der Waals surface area contributed by atoms with Gasteiger partial charge in [0.1, 0.15) is 5.69 Å². The average Bonchev–Trinajstić information content (AvgIpc) is 2.73. The molecule has 1 aromatic heterocycles. The molecule has 0 fully saturated rings. The SMILES string of the molecule is COC(=O)c1cc2c([nH]1)CC[C@H]2C(C)C. The molecule has 15 heavy (non-hydrogen) atoms. The van der Waals surface area contributed by atoms with E-state index in [2.05, 4.69) is 18.8 Å². The van der Waals surface area contributed by atoms with Gasteiger partial charge in [-0.1, -0.05) is 13.8 Å². The van der Waals surface area contributed by atoms with Gasteiger partial charge >= 0.3 is 5.97 Å². The molecular weight excluding hydrogens is 190 g/mol. The lowest BCUT2D eigenvalue weighted by molar-refractivity contribution is 0.0594. The van der Waals surface area contributed by atoms with Crippen molar-refractivity contribution in [3.63, 3.8) is 0 Å². The standard InChI is InChI=1S/C12H17NO2/c1-7(2)8-4-5-10-9(8)6-11(13-10)12(14)15-3/h6-8,13H,4-5H2,1-3H3/t8-/m0/s1. The third-order valence-corrected chi connectivity index (χ3v) is 3.25. The molecule has 0 radical (unpaired) electrons. The van der Waals surface area contributed by atoms with Crippen LogP contribution in [0.2, 0.25) is 0 Å². The zero-order valence-corrected chi connectivity index (χ0v) is 9.46. The van der Waals surface area contributed by atoms with Crippen LogP contribution >= 0.6 is 0 Å². The van der Waals surface area contributed by atoms with E-state index in [1.54, 1.807) is 0 Å². The number of carbonyl (C=O) groups excluding carboxylic acids is 1. The summed E-state index contributed by atoms with van der Waals surface area (Å²) in [5, 5.41) is 0. The van der Waals surface area contributed by atoms with Crippen molar-refractivity contribution >= 4 is 5.97 Å². The Labute approximate surface area is 89.8 Å². The number of hydrogen-bond donors (Lipinski definition) is 1. The number of esters is 1. The number of aromatic amines is 1. The second-order valence-corrected chi connectivity index (χ2v) is 4.50. The number of hydrogen-bond acceptors (Lipinski definition) is 2. The molecular formula is C12H17NO2. The van der Waals surface area contributed by atoms with Crippen molar-refractivity contribution in [3.05, 3.63) is 23.0 Å². The van der Waals surface area contributed by atoms with Gasteiger partial charge in [-0.05, 0) is 36.3 Å². The van der Waals surface area contributed by atoms with Gasteiger partial charge in [-0.15, -0.1) is 0 Å². The van der Waals surface area contributed by atoms with Crippen LogP contribution < -0.4 is 0 Å². The molecule has 0 saturated carbocycles. The van der Waals surface area contributed by atoms with Gasteiger partial charge in [-0.3, -0.25) is 0 Å². The van der Waals surface area contributed by atoms with Crippen LogP contribution in [-0.4, -0.2) is 18.1 Å². The molecule has 0 aromatic carbocycles. The molecule has 2 rings (SSSR count).